The van der Waals surface area contributed by atoms with E-state index in [1.807, 2.05) is 12.1 Å². The third-order valence-electron chi connectivity index (χ3n) is 6.84. The highest BCUT2D eigenvalue weighted by Crippen LogP contribution is 2.40. The highest BCUT2D eigenvalue weighted by Gasteiger charge is 2.39. The standard InChI is InChI=1S/C28H39BrN2O2S/c1-8-9-19-15-31(26(30-29)21(19)12-18-10-11-34-17-18)16-24(32)20-13-22(27(2,3)4)25(33)23(14-20)28(5,6)7/h10-11,13-14,17,19,21,33H,8-9,12,15-16H2,1-7H3/b30-26-. The maximum atomic E-state index is 13.6. The van der Waals surface area contributed by atoms with E-state index in [4.69, 9.17) is 0 Å². The normalized spacial score (nSPS) is 20.4. The van der Waals surface area contributed by atoms with Crippen molar-refractivity contribution in [1.82, 2.24) is 4.90 Å². The first-order valence-electron chi connectivity index (χ1n) is 12.2. The number of hydrogen-bond donors (Lipinski definition) is 1. The Bertz CT molecular complexity index is 997. The van der Waals surface area contributed by atoms with Crippen LogP contribution in [0.3, 0.4) is 0 Å². The number of hydrogen-bond acceptors (Lipinski definition) is 4. The van der Waals surface area contributed by atoms with E-state index in [0.717, 1.165) is 42.8 Å². The minimum atomic E-state index is -0.269. The number of phenols is 1. The van der Waals surface area contributed by atoms with E-state index in [2.05, 4.69) is 90.4 Å². The van der Waals surface area contributed by atoms with Gasteiger partial charge in [-0.05, 0) is 64.1 Å². The van der Waals surface area contributed by atoms with Gasteiger partial charge in [0.15, 0.2) is 5.78 Å². The monoisotopic (exact) mass is 546 g/mol. The molecule has 2 heterocycles. The van der Waals surface area contributed by atoms with Gasteiger partial charge in [0.05, 0.1) is 22.7 Å². The third-order valence-corrected chi connectivity index (χ3v) is 7.94. The van der Waals surface area contributed by atoms with Crippen molar-refractivity contribution >= 4 is 39.1 Å². The number of carbonyl (C=O) groups is 1. The molecule has 1 aliphatic rings. The van der Waals surface area contributed by atoms with Crippen LogP contribution in [-0.2, 0) is 17.3 Å². The van der Waals surface area contributed by atoms with Crippen molar-refractivity contribution in [3.63, 3.8) is 0 Å². The molecule has 2 unspecified atom stereocenters. The molecule has 1 fully saturated rings. The lowest BCUT2D eigenvalue weighted by molar-refractivity contribution is 0.0963. The van der Waals surface area contributed by atoms with E-state index < -0.39 is 0 Å². The van der Waals surface area contributed by atoms with Crippen molar-refractivity contribution in [2.75, 3.05) is 13.1 Å². The molecule has 1 saturated heterocycles. The van der Waals surface area contributed by atoms with Crippen LogP contribution in [0.5, 0.6) is 5.75 Å². The number of aromatic hydroxyl groups is 1. The third kappa shape index (κ3) is 5.93. The van der Waals surface area contributed by atoms with Crippen molar-refractivity contribution in [3.8, 4) is 5.75 Å². The van der Waals surface area contributed by atoms with Crippen molar-refractivity contribution in [2.24, 2.45) is 15.9 Å². The Labute approximate surface area is 217 Å². The average molecular weight is 548 g/mol. The Morgan fingerprint density at radius 1 is 1.18 bits per heavy atom. The molecule has 186 valence electrons. The zero-order chi connectivity index (χ0) is 25.3. The van der Waals surface area contributed by atoms with Crippen molar-refractivity contribution in [2.45, 2.75) is 78.6 Å². The Hall–Kier alpha value is -1.66. The smallest absolute Gasteiger partial charge is 0.182 e. The second kappa shape index (κ2) is 10.5. The summed E-state index contributed by atoms with van der Waals surface area (Å²) in [5, 5.41) is 15.4. The van der Waals surface area contributed by atoms with Gasteiger partial charge >= 0.3 is 0 Å². The van der Waals surface area contributed by atoms with Gasteiger partial charge in [-0.25, -0.2) is 0 Å². The van der Waals surface area contributed by atoms with Crippen LogP contribution in [0.25, 0.3) is 0 Å². The highest BCUT2D eigenvalue weighted by atomic mass is 79.9. The zero-order valence-electron chi connectivity index (χ0n) is 21.6. The van der Waals surface area contributed by atoms with Gasteiger partial charge in [0.25, 0.3) is 0 Å². The maximum absolute atomic E-state index is 13.6. The first-order chi connectivity index (χ1) is 15.9. The summed E-state index contributed by atoms with van der Waals surface area (Å²) in [5.41, 5.74) is 3.09. The summed E-state index contributed by atoms with van der Waals surface area (Å²) in [5.74, 6) is 2.13. The predicted molar refractivity (Wildman–Crippen MR) is 148 cm³/mol. The van der Waals surface area contributed by atoms with E-state index >= 15 is 0 Å². The largest absolute Gasteiger partial charge is 0.507 e. The van der Waals surface area contributed by atoms with Gasteiger partial charge < -0.3 is 10.0 Å². The average Bonchev–Trinajstić information content (AvgIpc) is 3.35. The highest BCUT2D eigenvalue weighted by molar-refractivity contribution is 9.08. The number of amidine groups is 1. The molecule has 1 N–H and O–H groups in total. The summed E-state index contributed by atoms with van der Waals surface area (Å²) in [6.45, 7) is 15.8. The number of phenolic OH excluding ortho intramolecular Hbond substituents is 1. The number of carbonyl (C=O) groups excluding carboxylic acids is 1. The molecule has 0 amide bonds. The number of thiophene rings is 1. The number of nitrogens with zero attached hydrogens (tertiary/aromatic N) is 2. The summed E-state index contributed by atoms with van der Waals surface area (Å²) in [6.07, 6.45) is 3.18. The molecular formula is C28H39BrN2O2S. The quantitative estimate of drug-likeness (QED) is 0.365. The van der Waals surface area contributed by atoms with Crippen LogP contribution >= 0.6 is 27.5 Å². The molecule has 0 aliphatic carbocycles. The molecule has 1 aromatic heterocycles. The summed E-state index contributed by atoms with van der Waals surface area (Å²) >= 11 is 5.10. The molecule has 34 heavy (non-hydrogen) atoms. The second-order valence-corrected chi connectivity index (χ2v) is 12.8. The molecule has 2 atom stereocenters. The van der Waals surface area contributed by atoms with Crippen molar-refractivity contribution in [1.29, 1.82) is 0 Å². The predicted octanol–water partition coefficient (Wildman–Crippen LogP) is 7.53. The van der Waals surface area contributed by atoms with Crippen LogP contribution in [0, 0.1) is 11.8 Å². The first-order valence-corrected chi connectivity index (χ1v) is 13.9. The Morgan fingerprint density at radius 2 is 1.79 bits per heavy atom. The molecule has 0 spiro atoms. The van der Waals surface area contributed by atoms with Gasteiger partial charge in [-0.15, -0.1) is 0 Å². The first kappa shape index (κ1) is 26.9. The summed E-state index contributed by atoms with van der Waals surface area (Å²) in [4.78, 5) is 15.8. The maximum Gasteiger partial charge on any atom is 0.182 e. The molecule has 0 radical (unpaired) electrons. The summed E-state index contributed by atoms with van der Waals surface area (Å²) in [7, 11) is 0. The Kier molecular flexibility index (Phi) is 8.34. The van der Waals surface area contributed by atoms with Gasteiger partial charge in [-0.2, -0.15) is 15.4 Å². The molecule has 0 bridgehead atoms. The van der Waals surface area contributed by atoms with E-state index in [1.165, 1.54) is 5.56 Å². The lowest BCUT2D eigenvalue weighted by Gasteiger charge is -2.28. The topological polar surface area (TPSA) is 52.9 Å². The van der Waals surface area contributed by atoms with Gasteiger partial charge in [0.2, 0.25) is 0 Å². The fourth-order valence-corrected chi connectivity index (χ4v) is 6.17. The van der Waals surface area contributed by atoms with Crippen LogP contribution in [0.15, 0.2) is 33.0 Å². The van der Waals surface area contributed by atoms with E-state index in [-0.39, 0.29) is 16.6 Å². The summed E-state index contributed by atoms with van der Waals surface area (Å²) in [6, 6.07) is 5.96. The lowest BCUT2D eigenvalue weighted by Crippen LogP contribution is -2.33. The molecule has 4 nitrogen and oxygen atoms in total. The molecule has 1 aromatic carbocycles. The van der Waals surface area contributed by atoms with Crippen LogP contribution in [0.4, 0.5) is 0 Å². The Balaban J connectivity index is 1.92. The number of halogens is 1. The minimum Gasteiger partial charge on any atom is -0.507 e. The molecule has 6 heteroatoms. The fourth-order valence-electron chi connectivity index (χ4n) is 5.00. The molecule has 0 saturated carbocycles. The fraction of sp³-hybridized carbons (Fsp3) is 0.571. The van der Waals surface area contributed by atoms with Gasteiger partial charge in [-0.1, -0.05) is 54.9 Å². The molecule has 3 rings (SSSR count). The Morgan fingerprint density at radius 3 is 2.26 bits per heavy atom. The summed E-state index contributed by atoms with van der Waals surface area (Å²) < 4.78 is 4.50. The van der Waals surface area contributed by atoms with Crippen LogP contribution in [0.2, 0.25) is 0 Å². The van der Waals surface area contributed by atoms with E-state index in [1.54, 1.807) is 11.3 Å². The van der Waals surface area contributed by atoms with Gasteiger partial charge in [0, 0.05) is 29.2 Å². The number of benzene rings is 1. The van der Waals surface area contributed by atoms with Crippen molar-refractivity contribution in [3.05, 3.63) is 51.2 Å². The van der Waals surface area contributed by atoms with Crippen LogP contribution in [0.1, 0.15) is 88.4 Å². The van der Waals surface area contributed by atoms with Crippen LogP contribution < -0.4 is 0 Å². The SMILES string of the molecule is CCCC1CN(CC(=O)c2cc(C(C)(C)C)c(O)c(C(C)(C)C)c2)/C(=N\Br)C1Cc1ccsc1. The minimum absolute atomic E-state index is 0.0658. The zero-order valence-corrected chi connectivity index (χ0v) is 24.0. The number of Topliss-reactive ketones (excluding diaryl/α,β-unsaturated/α-hetero) is 1. The van der Waals surface area contributed by atoms with Gasteiger partial charge in [-0.3, -0.25) is 4.79 Å². The lowest BCUT2D eigenvalue weighted by atomic mass is 9.78. The number of ketones is 1. The number of rotatable bonds is 7. The molecule has 2 aromatic rings. The van der Waals surface area contributed by atoms with Gasteiger partial charge in [0.1, 0.15) is 11.6 Å². The number of likely N-dealkylation sites (tertiary alicyclic amines) is 1. The van der Waals surface area contributed by atoms with Crippen molar-refractivity contribution < 1.29 is 9.90 Å². The molecular weight excluding hydrogens is 508 g/mol. The van der Waals surface area contributed by atoms with Crippen LogP contribution in [-0.4, -0.2) is 34.7 Å². The second-order valence-electron chi connectivity index (χ2n) is 11.7. The van der Waals surface area contributed by atoms with E-state index in [0.29, 0.717) is 29.7 Å². The molecule has 1 aliphatic heterocycles. The van der Waals surface area contributed by atoms with E-state index in [9.17, 15) is 9.90 Å².